The monoisotopic (exact) mass is 875 g/mol. The molecule has 0 aromatic rings. The van der Waals surface area contributed by atoms with E-state index >= 15 is 0 Å². The lowest BCUT2D eigenvalue weighted by molar-refractivity contribution is -0.167. The Labute approximate surface area is 387 Å². The molecule has 0 radical (unpaired) electrons. The zero-order valence-corrected chi connectivity index (χ0v) is 40.8. The summed E-state index contributed by atoms with van der Waals surface area (Å²) < 4.78 is 16.7. The standard InChI is InChI=1S/C57H94O6/c1-4-7-10-13-16-19-22-25-27-29-32-35-38-41-44-47-50-56(59)62-53-54(52-61-55(58)49-46-43-40-37-34-31-24-21-18-15-12-9-6-3)63-57(60)51-48-45-42-39-36-33-30-28-26-23-20-17-14-11-8-5-2/h7,9-10,12,15-16,18-19,21,24-25,27-28,30,32,35,54H,4-6,8,11,13-14,17,20,22-23,26,29,31,33-34,36-53H2,1-3H3/b10-7-,12-9-,18-15-,19-16-,24-21-,27-25-,30-28-,35-32-. The van der Waals surface area contributed by atoms with Crippen LogP contribution in [0.4, 0.5) is 0 Å². The molecule has 0 spiro atoms. The van der Waals surface area contributed by atoms with E-state index in [9.17, 15) is 14.4 Å². The van der Waals surface area contributed by atoms with Gasteiger partial charge in [0.2, 0.25) is 0 Å². The molecule has 0 aromatic heterocycles. The molecule has 0 heterocycles. The molecule has 6 nitrogen and oxygen atoms in total. The summed E-state index contributed by atoms with van der Waals surface area (Å²) in [4.78, 5) is 38.0. The van der Waals surface area contributed by atoms with Gasteiger partial charge < -0.3 is 14.2 Å². The third-order valence-electron chi connectivity index (χ3n) is 10.6. The van der Waals surface area contributed by atoms with Crippen molar-refractivity contribution in [3.63, 3.8) is 0 Å². The number of esters is 3. The van der Waals surface area contributed by atoms with Gasteiger partial charge in [0.05, 0.1) is 0 Å². The molecule has 0 saturated carbocycles. The Morgan fingerprint density at radius 2 is 0.698 bits per heavy atom. The predicted molar refractivity (Wildman–Crippen MR) is 270 cm³/mol. The van der Waals surface area contributed by atoms with Crippen molar-refractivity contribution in [2.45, 2.75) is 232 Å². The topological polar surface area (TPSA) is 78.9 Å². The maximum Gasteiger partial charge on any atom is 0.306 e. The van der Waals surface area contributed by atoms with Gasteiger partial charge in [0.25, 0.3) is 0 Å². The zero-order chi connectivity index (χ0) is 45.8. The van der Waals surface area contributed by atoms with Crippen LogP contribution in [0.15, 0.2) is 97.2 Å². The van der Waals surface area contributed by atoms with E-state index in [0.717, 1.165) is 128 Å². The van der Waals surface area contributed by atoms with E-state index in [-0.39, 0.29) is 31.1 Å². The summed E-state index contributed by atoms with van der Waals surface area (Å²) in [5.41, 5.74) is 0. The van der Waals surface area contributed by atoms with Crippen molar-refractivity contribution in [2.24, 2.45) is 0 Å². The molecular weight excluding hydrogens is 781 g/mol. The van der Waals surface area contributed by atoms with Crippen LogP contribution in [-0.4, -0.2) is 37.2 Å². The number of carbonyl (C=O) groups is 3. The van der Waals surface area contributed by atoms with Crippen molar-refractivity contribution < 1.29 is 28.6 Å². The Morgan fingerprint density at radius 3 is 1.17 bits per heavy atom. The van der Waals surface area contributed by atoms with Gasteiger partial charge in [-0.05, 0) is 103 Å². The molecule has 0 aromatic carbocycles. The fourth-order valence-corrected chi connectivity index (χ4v) is 6.78. The first-order valence-electron chi connectivity index (χ1n) is 25.8. The zero-order valence-electron chi connectivity index (χ0n) is 40.8. The lowest BCUT2D eigenvalue weighted by atomic mass is 10.1. The quantitative estimate of drug-likeness (QED) is 0.0199. The molecule has 6 heteroatoms. The van der Waals surface area contributed by atoms with Gasteiger partial charge in [-0.1, -0.05) is 201 Å². The van der Waals surface area contributed by atoms with E-state index in [1.54, 1.807) is 0 Å². The van der Waals surface area contributed by atoms with Crippen LogP contribution in [0.25, 0.3) is 0 Å². The van der Waals surface area contributed by atoms with E-state index in [1.165, 1.54) is 57.8 Å². The Morgan fingerprint density at radius 1 is 0.349 bits per heavy atom. The first-order chi connectivity index (χ1) is 31.0. The highest BCUT2D eigenvalue weighted by atomic mass is 16.6. The van der Waals surface area contributed by atoms with Crippen molar-refractivity contribution in [1.29, 1.82) is 0 Å². The Bertz CT molecular complexity index is 1280. The van der Waals surface area contributed by atoms with Crippen LogP contribution in [0.5, 0.6) is 0 Å². The lowest BCUT2D eigenvalue weighted by Crippen LogP contribution is -2.30. The largest absolute Gasteiger partial charge is 0.462 e. The molecule has 0 fully saturated rings. The number of hydrogen-bond acceptors (Lipinski definition) is 6. The SMILES string of the molecule is CC\C=C/C=C\C=C/CCCCCCCC(=O)OCC(COC(=O)CCCCC/C=C\C/C=C\C/C=C\C/C=C\CC)OC(=O)CCCCCCC/C=C\CCCCCCCCC. The summed E-state index contributed by atoms with van der Waals surface area (Å²) in [5, 5.41) is 0. The minimum Gasteiger partial charge on any atom is -0.462 e. The maximum atomic E-state index is 12.8. The van der Waals surface area contributed by atoms with Crippen molar-refractivity contribution in [3.05, 3.63) is 97.2 Å². The summed E-state index contributed by atoms with van der Waals surface area (Å²) >= 11 is 0. The highest BCUT2D eigenvalue weighted by Crippen LogP contribution is 2.13. The van der Waals surface area contributed by atoms with Crippen LogP contribution in [0.2, 0.25) is 0 Å². The van der Waals surface area contributed by atoms with Gasteiger partial charge in [-0.25, -0.2) is 0 Å². The summed E-state index contributed by atoms with van der Waals surface area (Å²) in [6.45, 7) is 6.33. The van der Waals surface area contributed by atoms with E-state index in [2.05, 4.69) is 118 Å². The Hall–Kier alpha value is -3.67. The first-order valence-corrected chi connectivity index (χ1v) is 25.8. The molecule has 0 bridgehead atoms. The highest BCUT2D eigenvalue weighted by Gasteiger charge is 2.19. The Balaban J connectivity index is 4.49. The molecule has 0 aliphatic rings. The molecule has 63 heavy (non-hydrogen) atoms. The second kappa shape index (κ2) is 51.0. The number of allylic oxidation sites excluding steroid dienone is 16. The number of rotatable bonds is 45. The minimum atomic E-state index is -0.804. The van der Waals surface area contributed by atoms with Crippen LogP contribution < -0.4 is 0 Å². The molecule has 0 aliphatic carbocycles. The van der Waals surface area contributed by atoms with Crippen molar-refractivity contribution in [2.75, 3.05) is 13.2 Å². The van der Waals surface area contributed by atoms with E-state index in [1.807, 2.05) is 0 Å². The number of hydrogen-bond donors (Lipinski definition) is 0. The van der Waals surface area contributed by atoms with Crippen molar-refractivity contribution >= 4 is 17.9 Å². The van der Waals surface area contributed by atoms with Crippen LogP contribution in [0.1, 0.15) is 226 Å². The van der Waals surface area contributed by atoms with E-state index in [4.69, 9.17) is 14.2 Å². The van der Waals surface area contributed by atoms with Crippen LogP contribution in [0, 0.1) is 0 Å². The normalized spacial score (nSPS) is 12.9. The van der Waals surface area contributed by atoms with Gasteiger partial charge in [0, 0.05) is 19.3 Å². The summed E-state index contributed by atoms with van der Waals surface area (Å²) in [6.07, 6.45) is 66.7. The smallest absolute Gasteiger partial charge is 0.306 e. The molecule has 0 saturated heterocycles. The molecule has 1 atom stereocenters. The molecule has 1 unspecified atom stereocenters. The van der Waals surface area contributed by atoms with Gasteiger partial charge in [-0.3, -0.25) is 14.4 Å². The van der Waals surface area contributed by atoms with E-state index < -0.39 is 6.10 Å². The second-order valence-corrected chi connectivity index (χ2v) is 16.7. The molecule has 0 aliphatic heterocycles. The van der Waals surface area contributed by atoms with Gasteiger partial charge in [-0.15, -0.1) is 0 Å². The maximum absolute atomic E-state index is 12.8. The van der Waals surface area contributed by atoms with Gasteiger partial charge >= 0.3 is 17.9 Å². The predicted octanol–water partition coefficient (Wildman–Crippen LogP) is 17.0. The fraction of sp³-hybridized carbons (Fsp3) is 0.667. The summed E-state index contributed by atoms with van der Waals surface area (Å²) in [7, 11) is 0. The summed E-state index contributed by atoms with van der Waals surface area (Å²) in [6, 6.07) is 0. The minimum absolute atomic E-state index is 0.103. The summed E-state index contributed by atoms with van der Waals surface area (Å²) in [5.74, 6) is -0.965. The van der Waals surface area contributed by atoms with E-state index in [0.29, 0.717) is 19.3 Å². The second-order valence-electron chi connectivity index (χ2n) is 16.7. The number of carbonyl (C=O) groups excluding carboxylic acids is 3. The molecule has 358 valence electrons. The van der Waals surface area contributed by atoms with Crippen LogP contribution in [-0.2, 0) is 28.6 Å². The third-order valence-corrected chi connectivity index (χ3v) is 10.6. The van der Waals surface area contributed by atoms with Gasteiger partial charge in [0.1, 0.15) is 13.2 Å². The fourth-order valence-electron chi connectivity index (χ4n) is 6.78. The molecule has 0 amide bonds. The van der Waals surface area contributed by atoms with Crippen molar-refractivity contribution in [3.8, 4) is 0 Å². The van der Waals surface area contributed by atoms with Crippen LogP contribution >= 0.6 is 0 Å². The first kappa shape index (κ1) is 59.3. The van der Waals surface area contributed by atoms with Crippen LogP contribution in [0.3, 0.4) is 0 Å². The van der Waals surface area contributed by atoms with Crippen molar-refractivity contribution in [1.82, 2.24) is 0 Å². The highest BCUT2D eigenvalue weighted by molar-refractivity contribution is 5.71. The number of ether oxygens (including phenoxy) is 3. The molecule has 0 rings (SSSR count). The third kappa shape index (κ3) is 49.2. The van der Waals surface area contributed by atoms with Gasteiger partial charge in [-0.2, -0.15) is 0 Å². The number of unbranched alkanes of at least 4 members (excludes halogenated alkanes) is 20. The lowest BCUT2D eigenvalue weighted by Gasteiger charge is -2.18. The van der Waals surface area contributed by atoms with Gasteiger partial charge in [0.15, 0.2) is 6.10 Å². The molecular formula is C57H94O6. The Kier molecular flexibility index (Phi) is 48.0. The average molecular weight is 875 g/mol. The molecule has 0 N–H and O–H groups in total. The average Bonchev–Trinajstić information content (AvgIpc) is 3.28.